The molecule has 0 aromatic carbocycles. The normalized spacial score (nSPS) is 4.80. The van der Waals surface area contributed by atoms with Gasteiger partial charge in [0.2, 0.25) is 0 Å². The molecule has 0 heterocycles. The summed E-state index contributed by atoms with van der Waals surface area (Å²) in [6.07, 6.45) is -1.83. The van der Waals surface area contributed by atoms with Crippen molar-refractivity contribution in [1.29, 1.82) is 0 Å². The summed E-state index contributed by atoms with van der Waals surface area (Å²) in [5, 5.41) is 13.9. The second-order valence-corrected chi connectivity index (χ2v) is 0.283. The van der Waals surface area contributed by atoms with Crippen molar-refractivity contribution < 1.29 is 17.9 Å². The van der Waals surface area contributed by atoms with Crippen LogP contribution >= 0.6 is 0 Å². The third-order valence-corrected chi connectivity index (χ3v) is 0. The van der Waals surface area contributed by atoms with Crippen LogP contribution in [0, 0.1) is 0 Å². The smallest absolute Gasteiger partial charge is 1.00 e. The predicted octanol–water partition coefficient (Wildman–Crippen LogP) is 0.0666. The van der Waals surface area contributed by atoms with Crippen LogP contribution in [0.5, 0.6) is 0 Å². The Labute approximate surface area is 72.0 Å². The first kappa shape index (κ1) is 9.28. The van der Waals surface area contributed by atoms with Crippen LogP contribution in [-0.4, -0.2) is 65.2 Å². The van der Waals surface area contributed by atoms with Gasteiger partial charge < -0.3 is 13.1 Å². The molecule has 0 aromatic heterocycles. The van der Waals surface area contributed by atoms with Gasteiger partial charge in [-0.25, -0.2) is 4.79 Å². The first-order valence-corrected chi connectivity index (χ1v) is 0.651. The van der Waals surface area contributed by atoms with Crippen molar-refractivity contribution in [2.75, 3.05) is 0 Å². The van der Waals surface area contributed by atoms with Crippen molar-refractivity contribution in [3.05, 3.63) is 0 Å². The summed E-state index contributed by atoms with van der Waals surface area (Å²) in [5.74, 6) is 0. The molecule has 0 aliphatic heterocycles. The molecular formula is CH4BaO3. The molecule has 0 fully saturated rings. The Kier molecular flexibility index (Phi) is 8.98. The summed E-state index contributed by atoms with van der Waals surface area (Å²) >= 11 is 0. The molecule has 0 saturated carbocycles. The molecule has 0 radical (unpaired) electrons. The molecule has 28 valence electrons. The van der Waals surface area contributed by atoms with E-state index in [9.17, 15) is 0 Å². The van der Waals surface area contributed by atoms with Crippen LogP contribution in [0.4, 0.5) is 4.79 Å². The summed E-state index contributed by atoms with van der Waals surface area (Å²) in [4.78, 5) is 8.56. The number of hydrogen-bond donors (Lipinski definition) is 2. The van der Waals surface area contributed by atoms with Gasteiger partial charge in [0.05, 0.1) is 0 Å². The molecule has 5 heavy (non-hydrogen) atoms. The molecule has 0 aliphatic carbocycles. The van der Waals surface area contributed by atoms with Crippen LogP contribution in [0.25, 0.3) is 0 Å². The number of carbonyl (C=O) groups is 1. The van der Waals surface area contributed by atoms with Gasteiger partial charge in [0.1, 0.15) is 0 Å². The Bertz CT molecular complexity index is 35.9. The largest absolute Gasteiger partial charge is 2.00 e. The standard InChI is InChI=1S/CH2O3.Ba.2H/c2-1(3)4;;;/h(H2,2,3,4);;;/q;+2;2*-1. The molecule has 0 atom stereocenters. The van der Waals surface area contributed by atoms with E-state index in [1.54, 1.807) is 0 Å². The van der Waals surface area contributed by atoms with Gasteiger partial charge in [-0.3, -0.25) is 0 Å². The fourth-order valence-corrected chi connectivity index (χ4v) is 0. The van der Waals surface area contributed by atoms with E-state index in [0.29, 0.717) is 0 Å². The molecular weight excluding hydrogens is 197 g/mol. The Balaban J connectivity index is -0.0000000150. The first-order valence-electron chi connectivity index (χ1n) is 0.651. The fraction of sp³-hybridized carbons (Fsp3) is 0. The average Bonchev–Trinajstić information content (AvgIpc) is 0.811. The quantitative estimate of drug-likeness (QED) is 0.545. The van der Waals surface area contributed by atoms with Crippen LogP contribution in [0.3, 0.4) is 0 Å². The minimum absolute atomic E-state index is 0. The number of rotatable bonds is 0. The maximum absolute atomic E-state index is 8.56. The zero-order chi connectivity index (χ0) is 3.58. The maximum atomic E-state index is 8.56. The summed E-state index contributed by atoms with van der Waals surface area (Å²) in [7, 11) is 0. The van der Waals surface area contributed by atoms with E-state index in [1.807, 2.05) is 0 Å². The van der Waals surface area contributed by atoms with Crippen LogP contribution in [0.15, 0.2) is 0 Å². The van der Waals surface area contributed by atoms with E-state index in [2.05, 4.69) is 0 Å². The molecule has 2 N–H and O–H groups in total. The SMILES string of the molecule is O=C(O)O.[Ba+2].[H-].[H-]. The van der Waals surface area contributed by atoms with E-state index >= 15 is 0 Å². The van der Waals surface area contributed by atoms with E-state index in [0.717, 1.165) is 0 Å². The summed E-state index contributed by atoms with van der Waals surface area (Å²) in [6.45, 7) is 0. The Morgan fingerprint density at radius 1 is 1.60 bits per heavy atom. The van der Waals surface area contributed by atoms with Gasteiger partial charge in [-0.2, -0.15) is 0 Å². The summed E-state index contributed by atoms with van der Waals surface area (Å²) in [6, 6.07) is 0. The average molecular weight is 201 g/mol. The van der Waals surface area contributed by atoms with Gasteiger partial charge in [-0.05, 0) is 0 Å². The molecule has 0 bridgehead atoms. The molecule has 0 aliphatic rings. The summed E-state index contributed by atoms with van der Waals surface area (Å²) in [5.41, 5.74) is 0. The molecule has 0 aromatic rings. The maximum Gasteiger partial charge on any atom is 2.00 e. The van der Waals surface area contributed by atoms with E-state index in [-0.39, 0.29) is 51.7 Å². The predicted molar refractivity (Wildman–Crippen MR) is 18.6 cm³/mol. The van der Waals surface area contributed by atoms with Crippen LogP contribution in [-0.2, 0) is 0 Å². The van der Waals surface area contributed by atoms with Crippen molar-refractivity contribution in [3.8, 4) is 0 Å². The van der Waals surface area contributed by atoms with Crippen LogP contribution < -0.4 is 0 Å². The molecule has 4 heteroatoms. The summed E-state index contributed by atoms with van der Waals surface area (Å²) < 4.78 is 0. The third-order valence-electron chi connectivity index (χ3n) is 0. The molecule has 0 unspecified atom stereocenters. The second-order valence-electron chi connectivity index (χ2n) is 0.283. The van der Waals surface area contributed by atoms with Crippen molar-refractivity contribution in [2.24, 2.45) is 0 Å². The van der Waals surface area contributed by atoms with Gasteiger partial charge in [-0.15, -0.1) is 0 Å². The number of hydrogen-bond acceptors (Lipinski definition) is 1. The number of carboxylic acid groups (broad SMARTS) is 2. The third kappa shape index (κ3) is 55.2. The molecule has 0 spiro atoms. The Morgan fingerprint density at radius 2 is 1.60 bits per heavy atom. The zero-order valence-electron chi connectivity index (χ0n) is 4.51. The van der Waals surface area contributed by atoms with Gasteiger partial charge in [0.25, 0.3) is 0 Å². The molecule has 0 rings (SSSR count). The first-order chi connectivity index (χ1) is 1.73. The minimum Gasteiger partial charge on any atom is -1.00 e. The molecule has 0 amide bonds. The van der Waals surface area contributed by atoms with Gasteiger partial charge in [0, 0.05) is 0 Å². The van der Waals surface area contributed by atoms with Crippen molar-refractivity contribution >= 4 is 55.0 Å². The van der Waals surface area contributed by atoms with E-state index in [4.69, 9.17) is 15.0 Å². The molecule has 0 saturated heterocycles. The second kappa shape index (κ2) is 4.84. The van der Waals surface area contributed by atoms with E-state index < -0.39 is 6.16 Å². The fourth-order valence-electron chi connectivity index (χ4n) is 0. The van der Waals surface area contributed by atoms with Crippen molar-refractivity contribution in [3.63, 3.8) is 0 Å². The van der Waals surface area contributed by atoms with Crippen LogP contribution in [0.1, 0.15) is 2.85 Å². The topological polar surface area (TPSA) is 57.5 Å². The van der Waals surface area contributed by atoms with Gasteiger partial charge in [-0.1, -0.05) is 0 Å². The molecule has 3 nitrogen and oxygen atoms in total. The van der Waals surface area contributed by atoms with Gasteiger partial charge >= 0.3 is 55.0 Å². The monoisotopic (exact) mass is 202 g/mol. The van der Waals surface area contributed by atoms with Crippen LogP contribution in [0.2, 0.25) is 0 Å². The van der Waals surface area contributed by atoms with Gasteiger partial charge in [0.15, 0.2) is 0 Å². The van der Waals surface area contributed by atoms with Crippen molar-refractivity contribution in [1.82, 2.24) is 0 Å². The minimum atomic E-state index is -1.83. The zero-order valence-corrected chi connectivity index (χ0v) is 6.95. The Hall–Kier alpha value is 0.841. The Morgan fingerprint density at radius 3 is 1.60 bits per heavy atom. The van der Waals surface area contributed by atoms with E-state index in [1.165, 1.54) is 0 Å². The van der Waals surface area contributed by atoms with Crippen molar-refractivity contribution in [2.45, 2.75) is 0 Å².